The molecule has 1 aromatic heterocycles. The van der Waals surface area contributed by atoms with Gasteiger partial charge in [-0.2, -0.15) is 0 Å². The van der Waals surface area contributed by atoms with Crippen LogP contribution in [0.5, 0.6) is 0 Å². The number of benzene rings is 1. The van der Waals surface area contributed by atoms with E-state index in [9.17, 15) is 4.79 Å². The number of carbonyl (C=O) groups is 1. The minimum absolute atomic E-state index is 0.120. The fourth-order valence-corrected chi connectivity index (χ4v) is 3.02. The van der Waals surface area contributed by atoms with Crippen LogP contribution in [-0.4, -0.2) is 10.9 Å². The molecule has 0 bridgehead atoms. The van der Waals surface area contributed by atoms with E-state index in [1.165, 1.54) is 23.9 Å². The lowest BCUT2D eigenvalue weighted by atomic mass is 10.2. The van der Waals surface area contributed by atoms with E-state index >= 15 is 0 Å². The summed E-state index contributed by atoms with van der Waals surface area (Å²) in [6, 6.07) is 7.34. The van der Waals surface area contributed by atoms with Crippen molar-refractivity contribution in [1.29, 1.82) is 0 Å². The van der Waals surface area contributed by atoms with Gasteiger partial charge >= 0.3 is 0 Å². The van der Waals surface area contributed by atoms with Crippen LogP contribution in [-0.2, 0) is 11.3 Å². The first-order chi connectivity index (χ1) is 10.2. The molecule has 0 radical (unpaired) electrons. The predicted octanol–water partition coefficient (Wildman–Crippen LogP) is 4.00. The maximum absolute atomic E-state index is 11.8. The third-order valence-corrected chi connectivity index (χ3v) is 4.55. The highest BCUT2D eigenvalue weighted by atomic mass is 35.5. The average Bonchev–Trinajstić information content (AvgIpc) is 3.23. The summed E-state index contributed by atoms with van der Waals surface area (Å²) < 4.78 is 0. The number of nitrogens with zero attached hydrogens (tertiary/aromatic N) is 1. The fraction of sp³-hybridized carbons (Fsp3) is 0.250. The second-order valence-electron chi connectivity index (χ2n) is 5.05. The van der Waals surface area contributed by atoms with Crippen molar-refractivity contribution >= 4 is 34.9 Å². The molecule has 2 aromatic rings. The molecule has 1 aliphatic rings. The highest BCUT2D eigenvalue weighted by Gasteiger charge is 2.26. The van der Waals surface area contributed by atoms with Gasteiger partial charge in [-0.3, -0.25) is 4.79 Å². The number of hydrogen-bond acceptors (Lipinski definition) is 3. The van der Waals surface area contributed by atoms with Crippen LogP contribution in [0.2, 0.25) is 5.02 Å². The molecule has 0 spiro atoms. The summed E-state index contributed by atoms with van der Waals surface area (Å²) in [4.78, 5) is 16.3. The quantitative estimate of drug-likeness (QED) is 0.847. The van der Waals surface area contributed by atoms with E-state index in [0.29, 0.717) is 17.5 Å². The van der Waals surface area contributed by atoms with Gasteiger partial charge in [-0.15, -0.1) is 11.3 Å². The molecule has 1 fully saturated rings. The molecular weight excluding hydrogens is 304 g/mol. The van der Waals surface area contributed by atoms with Gasteiger partial charge in [0.1, 0.15) is 0 Å². The zero-order chi connectivity index (χ0) is 14.7. The van der Waals surface area contributed by atoms with Crippen LogP contribution >= 0.6 is 22.9 Å². The van der Waals surface area contributed by atoms with E-state index in [1.807, 2.05) is 17.5 Å². The van der Waals surface area contributed by atoms with Crippen LogP contribution in [0.1, 0.15) is 35.0 Å². The molecule has 0 unspecified atom stereocenters. The van der Waals surface area contributed by atoms with Crippen LogP contribution < -0.4 is 5.32 Å². The largest absolute Gasteiger partial charge is 0.347 e. The molecule has 0 saturated heterocycles. The second-order valence-corrected chi connectivity index (χ2v) is 6.38. The normalized spacial score (nSPS) is 14.5. The van der Waals surface area contributed by atoms with Gasteiger partial charge in [-0.1, -0.05) is 23.7 Å². The molecule has 0 aliphatic heterocycles. The Bertz CT molecular complexity index is 659. The molecule has 1 aliphatic carbocycles. The molecule has 1 N–H and O–H groups in total. The molecule has 5 heteroatoms. The molecule has 3 nitrogen and oxygen atoms in total. The third-order valence-electron chi connectivity index (χ3n) is 3.24. The van der Waals surface area contributed by atoms with E-state index in [4.69, 9.17) is 11.6 Å². The van der Waals surface area contributed by atoms with Crippen molar-refractivity contribution in [2.45, 2.75) is 25.3 Å². The Balaban J connectivity index is 1.50. The van der Waals surface area contributed by atoms with Crippen LogP contribution in [0.25, 0.3) is 6.08 Å². The zero-order valence-corrected chi connectivity index (χ0v) is 13.0. The van der Waals surface area contributed by atoms with Gasteiger partial charge in [0, 0.05) is 22.4 Å². The number of rotatable bonds is 5. The Hall–Kier alpha value is -1.65. The van der Waals surface area contributed by atoms with Crippen LogP contribution in [0.15, 0.2) is 35.7 Å². The number of aromatic nitrogens is 1. The maximum Gasteiger partial charge on any atom is 0.244 e. The number of nitrogens with one attached hydrogen (secondary N) is 1. The van der Waals surface area contributed by atoms with Gasteiger partial charge in [0.05, 0.1) is 17.2 Å². The van der Waals surface area contributed by atoms with Crippen molar-refractivity contribution in [3.8, 4) is 0 Å². The summed E-state index contributed by atoms with van der Waals surface area (Å²) in [5, 5.41) is 6.76. The van der Waals surface area contributed by atoms with Crippen LogP contribution in [0, 0.1) is 0 Å². The zero-order valence-electron chi connectivity index (χ0n) is 11.4. The van der Waals surface area contributed by atoms with Gasteiger partial charge in [-0.05, 0) is 36.6 Å². The highest BCUT2D eigenvalue weighted by molar-refractivity contribution is 7.09. The minimum Gasteiger partial charge on any atom is -0.347 e. The summed E-state index contributed by atoms with van der Waals surface area (Å²) in [6.45, 7) is 0.479. The Kier molecular flexibility index (Phi) is 4.36. The Labute approximate surface area is 132 Å². The van der Waals surface area contributed by atoms with Crippen LogP contribution in [0.4, 0.5) is 0 Å². The van der Waals surface area contributed by atoms with Crippen molar-refractivity contribution in [2.75, 3.05) is 0 Å². The van der Waals surface area contributed by atoms with E-state index in [1.54, 1.807) is 29.5 Å². The summed E-state index contributed by atoms with van der Waals surface area (Å²) in [5.74, 6) is 0.551. The average molecular weight is 319 g/mol. The van der Waals surface area contributed by atoms with Crippen LogP contribution in [0.3, 0.4) is 0 Å². The minimum atomic E-state index is -0.120. The summed E-state index contributed by atoms with van der Waals surface area (Å²) >= 11 is 7.50. The summed E-state index contributed by atoms with van der Waals surface area (Å²) in [5.41, 5.74) is 1.88. The number of thiazole rings is 1. The Morgan fingerprint density at radius 1 is 1.38 bits per heavy atom. The van der Waals surface area contributed by atoms with Gasteiger partial charge in [-0.25, -0.2) is 4.98 Å². The fourth-order valence-electron chi connectivity index (χ4n) is 1.90. The molecular formula is C16H15ClN2OS. The summed E-state index contributed by atoms with van der Waals surface area (Å²) in [6.07, 6.45) is 5.80. The monoisotopic (exact) mass is 318 g/mol. The third kappa shape index (κ3) is 4.16. The first kappa shape index (κ1) is 14.3. The second kappa shape index (κ2) is 6.41. The standard InChI is InChI=1S/C16H15ClN2OS/c17-13-6-1-11(2-7-13)3-8-15(20)18-9-14-10-21-16(19-14)12-4-5-12/h1-3,6-8,10,12H,4-5,9H2,(H,18,20)/b8-3+. The van der Waals surface area contributed by atoms with Gasteiger partial charge in [0.15, 0.2) is 0 Å². The first-order valence-electron chi connectivity index (χ1n) is 6.86. The molecule has 1 aromatic carbocycles. The van der Waals surface area contributed by atoms with E-state index in [2.05, 4.69) is 10.3 Å². The van der Waals surface area contributed by atoms with Gasteiger partial charge < -0.3 is 5.32 Å². The van der Waals surface area contributed by atoms with Crippen molar-refractivity contribution in [3.63, 3.8) is 0 Å². The molecule has 1 saturated carbocycles. The molecule has 0 atom stereocenters. The predicted molar refractivity (Wildman–Crippen MR) is 86.4 cm³/mol. The van der Waals surface area contributed by atoms with Crippen molar-refractivity contribution in [1.82, 2.24) is 10.3 Å². The molecule has 3 rings (SSSR count). The first-order valence-corrected chi connectivity index (χ1v) is 8.12. The van der Waals surface area contributed by atoms with E-state index in [0.717, 1.165) is 11.3 Å². The SMILES string of the molecule is O=C(/C=C/c1ccc(Cl)cc1)NCc1csc(C2CC2)n1. The lowest BCUT2D eigenvalue weighted by molar-refractivity contribution is -0.116. The van der Waals surface area contributed by atoms with E-state index < -0.39 is 0 Å². The lowest BCUT2D eigenvalue weighted by Gasteiger charge is -1.99. The smallest absolute Gasteiger partial charge is 0.244 e. The Morgan fingerprint density at radius 2 is 2.14 bits per heavy atom. The van der Waals surface area contributed by atoms with Gasteiger partial charge in [0.2, 0.25) is 5.91 Å². The topological polar surface area (TPSA) is 42.0 Å². The number of carbonyl (C=O) groups excluding carboxylic acids is 1. The molecule has 108 valence electrons. The number of amides is 1. The highest BCUT2D eigenvalue weighted by Crippen LogP contribution is 2.41. The van der Waals surface area contributed by atoms with Crippen molar-refractivity contribution < 1.29 is 4.79 Å². The number of hydrogen-bond donors (Lipinski definition) is 1. The molecule has 21 heavy (non-hydrogen) atoms. The van der Waals surface area contributed by atoms with Crippen molar-refractivity contribution in [2.24, 2.45) is 0 Å². The summed E-state index contributed by atoms with van der Waals surface area (Å²) in [7, 11) is 0. The van der Waals surface area contributed by atoms with Crippen molar-refractivity contribution in [3.05, 3.63) is 57.0 Å². The molecule has 1 heterocycles. The lowest BCUT2D eigenvalue weighted by Crippen LogP contribution is -2.20. The Morgan fingerprint density at radius 3 is 2.86 bits per heavy atom. The molecule has 1 amide bonds. The maximum atomic E-state index is 11.8. The number of halogens is 1. The van der Waals surface area contributed by atoms with E-state index in [-0.39, 0.29) is 5.91 Å². The van der Waals surface area contributed by atoms with Gasteiger partial charge in [0.25, 0.3) is 0 Å².